The molecule has 1 aromatic carbocycles. The molecule has 0 bridgehead atoms. The van der Waals surface area contributed by atoms with Gasteiger partial charge in [0.05, 0.1) is 6.54 Å². The average Bonchev–Trinajstić information content (AvgIpc) is 2.68. The molecule has 0 spiro atoms. The molecular formula is C23H39N5O. The highest BCUT2D eigenvalue weighted by Gasteiger charge is 2.23. The molecule has 0 saturated carbocycles. The lowest BCUT2D eigenvalue weighted by atomic mass is 9.86. The molecule has 1 aliphatic heterocycles. The quantitative estimate of drug-likeness (QED) is 0.519. The van der Waals surface area contributed by atoms with Crippen LogP contribution in [0.25, 0.3) is 0 Å². The molecule has 1 saturated heterocycles. The van der Waals surface area contributed by atoms with Crippen molar-refractivity contribution in [3.8, 4) is 0 Å². The molecule has 1 amide bonds. The molecular weight excluding hydrogens is 362 g/mol. The molecule has 0 unspecified atom stereocenters. The van der Waals surface area contributed by atoms with Crippen LogP contribution in [0.3, 0.4) is 0 Å². The SMILES string of the molecule is CCNC(=NCC(C)(C)Cc1ccccc1)NC1CCN(CC(=O)N(C)C)CC1. The Morgan fingerprint density at radius 1 is 1.21 bits per heavy atom. The number of piperidine rings is 1. The molecule has 2 N–H and O–H groups in total. The Balaban J connectivity index is 1.85. The van der Waals surface area contributed by atoms with Gasteiger partial charge in [-0.15, -0.1) is 0 Å². The maximum atomic E-state index is 11.9. The minimum absolute atomic E-state index is 0.0968. The maximum absolute atomic E-state index is 11.9. The molecule has 2 rings (SSSR count). The van der Waals surface area contributed by atoms with Crippen LogP contribution >= 0.6 is 0 Å². The molecule has 1 aromatic rings. The van der Waals surface area contributed by atoms with Gasteiger partial charge in [0.1, 0.15) is 0 Å². The number of likely N-dealkylation sites (tertiary alicyclic amines) is 1. The lowest BCUT2D eigenvalue weighted by molar-refractivity contribution is -0.130. The lowest BCUT2D eigenvalue weighted by Gasteiger charge is -2.33. The zero-order chi connectivity index (χ0) is 21.3. The number of carbonyl (C=O) groups is 1. The fourth-order valence-corrected chi connectivity index (χ4v) is 3.58. The number of hydrogen-bond acceptors (Lipinski definition) is 3. The van der Waals surface area contributed by atoms with Gasteiger partial charge < -0.3 is 15.5 Å². The molecule has 1 aliphatic rings. The second-order valence-electron chi connectivity index (χ2n) is 9.00. The van der Waals surface area contributed by atoms with Gasteiger partial charge >= 0.3 is 0 Å². The number of amides is 1. The van der Waals surface area contributed by atoms with Crippen molar-refractivity contribution in [1.29, 1.82) is 0 Å². The number of rotatable bonds is 8. The van der Waals surface area contributed by atoms with Gasteiger partial charge in [0.25, 0.3) is 0 Å². The monoisotopic (exact) mass is 401 g/mol. The fraction of sp³-hybridized carbons (Fsp3) is 0.652. The highest BCUT2D eigenvalue weighted by atomic mass is 16.2. The van der Waals surface area contributed by atoms with Gasteiger partial charge in [-0.1, -0.05) is 44.2 Å². The zero-order valence-electron chi connectivity index (χ0n) is 18.9. The average molecular weight is 402 g/mol. The van der Waals surface area contributed by atoms with Gasteiger partial charge in [-0.05, 0) is 37.2 Å². The van der Waals surface area contributed by atoms with E-state index in [1.165, 1.54) is 5.56 Å². The predicted molar refractivity (Wildman–Crippen MR) is 121 cm³/mol. The van der Waals surface area contributed by atoms with E-state index in [4.69, 9.17) is 4.99 Å². The predicted octanol–water partition coefficient (Wildman–Crippen LogP) is 2.36. The normalized spacial score (nSPS) is 16.5. The van der Waals surface area contributed by atoms with Gasteiger partial charge in [0.15, 0.2) is 5.96 Å². The standard InChI is InChI=1S/C23H39N5O/c1-6-24-22(25-18-23(2,3)16-19-10-8-7-9-11-19)26-20-12-14-28(15-13-20)17-21(29)27(4)5/h7-11,20H,6,12-18H2,1-5H3,(H2,24,25,26). The van der Waals surface area contributed by atoms with Crippen LogP contribution in [0.2, 0.25) is 0 Å². The van der Waals surface area contributed by atoms with Gasteiger partial charge in [-0.2, -0.15) is 0 Å². The highest BCUT2D eigenvalue weighted by Crippen LogP contribution is 2.22. The molecule has 6 heteroatoms. The number of guanidine groups is 1. The number of benzene rings is 1. The summed E-state index contributed by atoms with van der Waals surface area (Å²) in [7, 11) is 3.63. The van der Waals surface area contributed by atoms with E-state index in [0.717, 1.165) is 51.4 Å². The van der Waals surface area contributed by atoms with E-state index < -0.39 is 0 Å². The number of aliphatic imine (C=N–C) groups is 1. The van der Waals surface area contributed by atoms with Crippen LogP contribution in [0.1, 0.15) is 39.2 Å². The van der Waals surface area contributed by atoms with Crippen molar-refractivity contribution in [3.05, 3.63) is 35.9 Å². The molecule has 0 aliphatic carbocycles. The van der Waals surface area contributed by atoms with Gasteiger partial charge in [-0.3, -0.25) is 14.7 Å². The van der Waals surface area contributed by atoms with Crippen LogP contribution in [0.4, 0.5) is 0 Å². The molecule has 162 valence electrons. The number of hydrogen-bond donors (Lipinski definition) is 2. The van der Waals surface area contributed by atoms with Crippen LogP contribution in [0, 0.1) is 5.41 Å². The summed E-state index contributed by atoms with van der Waals surface area (Å²) in [4.78, 5) is 20.7. The first kappa shape index (κ1) is 23.2. The smallest absolute Gasteiger partial charge is 0.236 e. The minimum atomic E-state index is 0.0968. The summed E-state index contributed by atoms with van der Waals surface area (Å²) < 4.78 is 0. The second kappa shape index (κ2) is 11.2. The summed E-state index contributed by atoms with van der Waals surface area (Å²) in [5.74, 6) is 1.07. The van der Waals surface area contributed by atoms with E-state index in [0.29, 0.717) is 12.6 Å². The van der Waals surface area contributed by atoms with Crippen molar-refractivity contribution < 1.29 is 4.79 Å². The molecule has 0 radical (unpaired) electrons. The van der Waals surface area contributed by atoms with Crippen molar-refractivity contribution in [2.45, 2.75) is 46.1 Å². The largest absolute Gasteiger partial charge is 0.357 e. The van der Waals surface area contributed by atoms with E-state index in [2.05, 4.69) is 66.6 Å². The maximum Gasteiger partial charge on any atom is 0.236 e. The summed E-state index contributed by atoms with van der Waals surface area (Å²) in [5.41, 5.74) is 1.45. The van der Waals surface area contributed by atoms with Gasteiger partial charge in [0, 0.05) is 46.3 Å². The summed E-state index contributed by atoms with van der Waals surface area (Å²) in [6, 6.07) is 11.0. The number of nitrogens with one attached hydrogen (secondary N) is 2. The second-order valence-corrected chi connectivity index (χ2v) is 9.00. The molecule has 1 heterocycles. The van der Waals surface area contributed by atoms with Gasteiger partial charge in [-0.25, -0.2) is 0 Å². The van der Waals surface area contributed by atoms with Crippen LogP contribution in [0.5, 0.6) is 0 Å². The van der Waals surface area contributed by atoms with E-state index in [-0.39, 0.29) is 11.3 Å². The summed E-state index contributed by atoms with van der Waals surface area (Å²) in [5, 5.41) is 7.00. The fourth-order valence-electron chi connectivity index (χ4n) is 3.58. The lowest BCUT2D eigenvalue weighted by Crippen LogP contribution is -2.50. The minimum Gasteiger partial charge on any atom is -0.357 e. The first-order valence-corrected chi connectivity index (χ1v) is 10.8. The van der Waals surface area contributed by atoms with E-state index >= 15 is 0 Å². The molecule has 6 nitrogen and oxygen atoms in total. The summed E-state index contributed by atoms with van der Waals surface area (Å²) >= 11 is 0. The highest BCUT2D eigenvalue weighted by molar-refractivity contribution is 5.80. The number of likely N-dealkylation sites (N-methyl/N-ethyl adjacent to an activating group) is 1. The van der Waals surface area contributed by atoms with E-state index in [9.17, 15) is 4.79 Å². The Morgan fingerprint density at radius 2 is 1.86 bits per heavy atom. The Morgan fingerprint density at radius 3 is 2.45 bits per heavy atom. The first-order chi connectivity index (χ1) is 13.8. The van der Waals surface area contributed by atoms with Crippen molar-refractivity contribution in [3.63, 3.8) is 0 Å². The van der Waals surface area contributed by atoms with Crippen molar-refractivity contribution >= 4 is 11.9 Å². The van der Waals surface area contributed by atoms with Crippen LogP contribution in [-0.4, -0.2) is 74.5 Å². The molecule has 29 heavy (non-hydrogen) atoms. The van der Waals surface area contributed by atoms with Crippen LogP contribution < -0.4 is 10.6 Å². The van der Waals surface area contributed by atoms with E-state index in [1.807, 2.05) is 14.1 Å². The topological polar surface area (TPSA) is 60.0 Å². The Kier molecular flexibility index (Phi) is 8.96. The third-order valence-electron chi connectivity index (χ3n) is 5.32. The van der Waals surface area contributed by atoms with E-state index in [1.54, 1.807) is 4.90 Å². The third kappa shape index (κ3) is 8.44. The summed E-state index contributed by atoms with van der Waals surface area (Å²) in [6.07, 6.45) is 3.06. The first-order valence-electron chi connectivity index (χ1n) is 10.8. The van der Waals surface area contributed by atoms with Crippen molar-refractivity contribution in [1.82, 2.24) is 20.4 Å². The Labute approximate surface area is 176 Å². The molecule has 1 fully saturated rings. The van der Waals surface area contributed by atoms with Crippen LogP contribution in [-0.2, 0) is 11.2 Å². The zero-order valence-corrected chi connectivity index (χ0v) is 18.9. The molecule has 0 aromatic heterocycles. The third-order valence-corrected chi connectivity index (χ3v) is 5.32. The van der Waals surface area contributed by atoms with Crippen molar-refractivity contribution in [2.75, 3.05) is 46.8 Å². The number of nitrogens with zero attached hydrogens (tertiary/aromatic N) is 3. The summed E-state index contributed by atoms with van der Waals surface area (Å²) in [6.45, 7) is 10.7. The molecule has 0 atom stereocenters. The number of carbonyl (C=O) groups excluding carboxylic acids is 1. The Bertz CT molecular complexity index is 648. The van der Waals surface area contributed by atoms with Gasteiger partial charge in [0.2, 0.25) is 5.91 Å². The van der Waals surface area contributed by atoms with Crippen molar-refractivity contribution in [2.24, 2.45) is 10.4 Å². The van der Waals surface area contributed by atoms with Crippen LogP contribution in [0.15, 0.2) is 35.3 Å². The Hall–Kier alpha value is -2.08.